The van der Waals surface area contributed by atoms with E-state index >= 15 is 0 Å². The van der Waals surface area contributed by atoms with Crippen molar-refractivity contribution in [3.05, 3.63) is 71.8 Å². The van der Waals surface area contributed by atoms with Crippen LogP contribution in [0.25, 0.3) is 0 Å². The van der Waals surface area contributed by atoms with Gasteiger partial charge in [0, 0.05) is 6.04 Å². The van der Waals surface area contributed by atoms with E-state index in [-0.39, 0.29) is 30.4 Å². The van der Waals surface area contributed by atoms with Crippen molar-refractivity contribution >= 4 is 6.09 Å². The third kappa shape index (κ3) is 5.51. The predicted molar refractivity (Wildman–Crippen MR) is 125 cm³/mol. The maximum atomic E-state index is 12.5. The van der Waals surface area contributed by atoms with E-state index in [2.05, 4.69) is 49.4 Å². The fraction of sp³-hybridized carbons (Fsp3) is 0.519. The normalized spacial score (nSPS) is 27.9. The summed E-state index contributed by atoms with van der Waals surface area (Å²) in [5.74, 6) is 0.621. The summed E-state index contributed by atoms with van der Waals surface area (Å²) in [5.41, 5.74) is 2.57. The maximum absolute atomic E-state index is 12.5. The first-order valence-corrected chi connectivity index (χ1v) is 11.8. The van der Waals surface area contributed by atoms with Gasteiger partial charge in [-0.3, -0.25) is 4.90 Å². The molecular formula is C27H35NO4. The van der Waals surface area contributed by atoms with Crippen LogP contribution in [0.5, 0.6) is 0 Å². The van der Waals surface area contributed by atoms with Gasteiger partial charge in [-0.1, -0.05) is 60.7 Å². The summed E-state index contributed by atoms with van der Waals surface area (Å²) in [4.78, 5) is 14.3. The molecule has 1 saturated heterocycles. The molecule has 0 spiro atoms. The average molecular weight is 438 g/mol. The molecule has 2 unspecified atom stereocenters. The van der Waals surface area contributed by atoms with E-state index in [1.165, 1.54) is 12.7 Å². The van der Waals surface area contributed by atoms with Gasteiger partial charge in [0.2, 0.25) is 0 Å². The van der Waals surface area contributed by atoms with Gasteiger partial charge in [-0.15, -0.1) is 0 Å². The van der Waals surface area contributed by atoms with E-state index in [0.29, 0.717) is 19.1 Å². The number of hydrogen-bond acceptors (Lipinski definition) is 4. The van der Waals surface area contributed by atoms with Gasteiger partial charge in [0.15, 0.2) is 0 Å². The topological polar surface area (TPSA) is 48.0 Å². The maximum Gasteiger partial charge on any atom is 0.410 e. The Morgan fingerprint density at radius 2 is 1.59 bits per heavy atom. The number of methoxy groups -OCH3 is 1. The quantitative estimate of drug-likeness (QED) is 0.570. The number of nitrogens with zero attached hydrogens (tertiary/aromatic N) is 1. The van der Waals surface area contributed by atoms with Gasteiger partial charge in [-0.2, -0.15) is 0 Å². The molecule has 5 nitrogen and oxygen atoms in total. The zero-order valence-electron chi connectivity index (χ0n) is 19.2. The van der Waals surface area contributed by atoms with Crippen molar-refractivity contribution in [2.24, 2.45) is 0 Å². The standard InChI is InChI=1S/C27H35NO4/c1-20-17-26(32-18-21-9-5-3-6-10-21)25(28(20)27(29)30-2)19-31-24-15-13-23(14-16-24)22-11-7-4-8-12-22/h3-12,20,23-26H,13-19H2,1-2H3/t20-,23-,24+,25?,26?/m1/s1. The molecule has 1 heterocycles. The lowest BCUT2D eigenvalue weighted by Gasteiger charge is -2.33. The first-order chi connectivity index (χ1) is 15.7. The highest BCUT2D eigenvalue weighted by Crippen LogP contribution is 2.35. The smallest absolute Gasteiger partial charge is 0.410 e. The number of benzene rings is 2. The minimum atomic E-state index is -0.301. The number of ether oxygens (including phenoxy) is 3. The Morgan fingerprint density at radius 3 is 2.25 bits per heavy atom. The second-order valence-corrected chi connectivity index (χ2v) is 9.08. The molecule has 2 aromatic carbocycles. The van der Waals surface area contributed by atoms with Crippen LogP contribution in [0.3, 0.4) is 0 Å². The molecule has 32 heavy (non-hydrogen) atoms. The molecule has 0 aromatic heterocycles. The van der Waals surface area contributed by atoms with Crippen molar-refractivity contribution in [2.75, 3.05) is 13.7 Å². The average Bonchev–Trinajstić information content (AvgIpc) is 3.17. The lowest BCUT2D eigenvalue weighted by atomic mass is 9.83. The highest BCUT2D eigenvalue weighted by Gasteiger charge is 2.43. The first kappa shape index (κ1) is 22.8. The molecule has 4 rings (SSSR count). The van der Waals surface area contributed by atoms with Crippen LogP contribution in [0.2, 0.25) is 0 Å². The van der Waals surface area contributed by atoms with E-state index < -0.39 is 0 Å². The number of hydrogen-bond donors (Lipinski definition) is 0. The summed E-state index contributed by atoms with van der Waals surface area (Å²) in [6.45, 7) is 3.08. The van der Waals surface area contributed by atoms with Crippen LogP contribution in [0.1, 0.15) is 56.1 Å². The van der Waals surface area contributed by atoms with E-state index in [4.69, 9.17) is 14.2 Å². The summed E-state index contributed by atoms with van der Waals surface area (Å²) in [7, 11) is 1.44. The number of carbonyl (C=O) groups is 1. The van der Waals surface area contributed by atoms with Crippen LogP contribution in [0.4, 0.5) is 4.79 Å². The largest absolute Gasteiger partial charge is 0.453 e. The summed E-state index contributed by atoms with van der Waals surface area (Å²) in [6, 6.07) is 20.9. The summed E-state index contributed by atoms with van der Waals surface area (Å²) < 4.78 is 17.7. The molecular weight excluding hydrogens is 402 g/mol. The SMILES string of the molecule is COC(=O)N1C(CO[C@H]2CC[C@@H](c3ccccc3)CC2)C(OCc2ccccc2)C[C@H]1C. The van der Waals surface area contributed by atoms with Gasteiger partial charge >= 0.3 is 6.09 Å². The molecule has 2 aromatic rings. The van der Waals surface area contributed by atoms with Crippen molar-refractivity contribution < 1.29 is 19.0 Å². The molecule has 3 atom stereocenters. The first-order valence-electron chi connectivity index (χ1n) is 11.8. The highest BCUT2D eigenvalue weighted by molar-refractivity contribution is 5.69. The Morgan fingerprint density at radius 1 is 0.938 bits per heavy atom. The minimum absolute atomic E-state index is 0.0608. The molecule has 1 aliphatic heterocycles. The minimum Gasteiger partial charge on any atom is -0.453 e. The van der Waals surface area contributed by atoms with Gasteiger partial charge in [-0.25, -0.2) is 4.79 Å². The molecule has 2 aliphatic rings. The number of likely N-dealkylation sites (tertiary alicyclic amines) is 1. The molecule has 1 saturated carbocycles. The second kappa shape index (κ2) is 11.0. The second-order valence-electron chi connectivity index (χ2n) is 9.08. The van der Waals surface area contributed by atoms with Gasteiger partial charge < -0.3 is 14.2 Å². The monoisotopic (exact) mass is 437 g/mol. The zero-order valence-corrected chi connectivity index (χ0v) is 19.2. The summed E-state index contributed by atoms with van der Waals surface area (Å²) in [5, 5.41) is 0. The van der Waals surface area contributed by atoms with Gasteiger partial charge in [0.25, 0.3) is 0 Å². The Hall–Kier alpha value is -2.37. The van der Waals surface area contributed by atoms with Gasteiger partial charge in [-0.05, 0) is 56.1 Å². The highest BCUT2D eigenvalue weighted by atomic mass is 16.5. The molecule has 5 heteroatoms. The van der Waals surface area contributed by atoms with Gasteiger partial charge in [0.05, 0.1) is 38.6 Å². The van der Waals surface area contributed by atoms with Crippen LogP contribution in [-0.2, 0) is 20.8 Å². The van der Waals surface area contributed by atoms with Crippen molar-refractivity contribution in [1.29, 1.82) is 0 Å². The van der Waals surface area contributed by atoms with E-state index in [9.17, 15) is 4.79 Å². The molecule has 172 valence electrons. The molecule has 0 N–H and O–H groups in total. The lowest BCUT2D eigenvalue weighted by Crippen LogP contribution is -2.46. The van der Waals surface area contributed by atoms with Crippen LogP contribution >= 0.6 is 0 Å². The van der Waals surface area contributed by atoms with Crippen LogP contribution in [0, 0.1) is 0 Å². The van der Waals surface area contributed by atoms with E-state index in [0.717, 1.165) is 37.7 Å². The Balaban J connectivity index is 1.34. The molecule has 2 fully saturated rings. The number of amides is 1. The molecule has 0 radical (unpaired) electrons. The lowest BCUT2D eigenvalue weighted by molar-refractivity contribution is -0.0464. The predicted octanol–water partition coefficient (Wildman–Crippen LogP) is 5.54. The van der Waals surface area contributed by atoms with E-state index in [1.54, 1.807) is 0 Å². The van der Waals surface area contributed by atoms with Crippen molar-refractivity contribution in [3.8, 4) is 0 Å². The van der Waals surface area contributed by atoms with Crippen LogP contribution in [-0.4, -0.2) is 49.0 Å². The van der Waals surface area contributed by atoms with Crippen LogP contribution < -0.4 is 0 Å². The molecule has 0 bridgehead atoms. The Kier molecular flexibility index (Phi) is 7.82. The number of rotatable bonds is 7. The third-order valence-corrected chi connectivity index (χ3v) is 6.97. The summed E-state index contributed by atoms with van der Waals surface area (Å²) >= 11 is 0. The zero-order chi connectivity index (χ0) is 22.3. The molecule has 1 amide bonds. The summed E-state index contributed by atoms with van der Waals surface area (Å²) in [6.07, 6.45) is 5.05. The Bertz CT molecular complexity index is 835. The molecule has 1 aliphatic carbocycles. The van der Waals surface area contributed by atoms with Crippen molar-refractivity contribution in [2.45, 2.75) is 75.8 Å². The van der Waals surface area contributed by atoms with Crippen LogP contribution in [0.15, 0.2) is 60.7 Å². The Labute approximate surface area is 191 Å². The number of carbonyl (C=O) groups excluding carboxylic acids is 1. The van der Waals surface area contributed by atoms with Gasteiger partial charge in [0.1, 0.15) is 0 Å². The van der Waals surface area contributed by atoms with Crippen molar-refractivity contribution in [3.63, 3.8) is 0 Å². The van der Waals surface area contributed by atoms with E-state index in [1.807, 2.05) is 23.1 Å². The third-order valence-electron chi connectivity index (χ3n) is 6.97. The fourth-order valence-corrected chi connectivity index (χ4v) is 5.20. The van der Waals surface area contributed by atoms with Crippen molar-refractivity contribution in [1.82, 2.24) is 4.90 Å². The fourth-order valence-electron chi connectivity index (χ4n) is 5.20.